The summed E-state index contributed by atoms with van der Waals surface area (Å²) in [5.41, 5.74) is 22.8. The normalized spacial score (nSPS) is 12.7. The molecule has 13 rings (SSSR count). The molecule has 0 unspecified atom stereocenters. The van der Waals surface area contributed by atoms with E-state index in [9.17, 15) is 0 Å². The third-order valence-corrected chi connectivity index (χ3v) is 16.6. The van der Waals surface area contributed by atoms with Gasteiger partial charge in [0, 0.05) is 23.0 Å². The van der Waals surface area contributed by atoms with E-state index in [4.69, 9.17) is 9.72 Å². The minimum absolute atomic E-state index is 0.0103. The molecule has 0 saturated heterocycles. The molecule has 0 saturated carbocycles. The summed E-state index contributed by atoms with van der Waals surface area (Å²) in [6.45, 7) is 27.5. The summed E-state index contributed by atoms with van der Waals surface area (Å²) >= 11 is 0. The average Bonchev–Trinajstić information content (AvgIpc) is 3.06. The lowest BCUT2D eigenvalue weighted by Gasteiger charge is -2.26. The SMILES string of the molecule is CC(C)(C)c1ccc(-c2cccc3c2-[n+]2[c-]n(-c4cccc(Oc5ccc6c7ccccc7n(-c7cc(C(C)(C)C)ccn7)c6c5)c4)c4cc(-c5cc(C(C)(C)C)cc(C(C)(C)C)c5)cc(c42)-c2ccccc2-c2ccccc2-3)cc1. The van der Waals surface area contributed by atoms with Crippen LogP contribution in [0.25, 0.3) is 106 Å². The van der Waals surface area contributed by atoms with Crippen LogP contribution < -0.4 is 9.30 Å². The molecule has 0 amide bonds. The van der Waals surface area contributed by atoms with Crippen molar-refractivity contribution in [3.63, 3.8) is 0 Å². The van der Waals surface area contributed by atoms with Crippen molar-refractivity contribution in [3.8, 4) is 84.3 Å². The molecular weight excluding hydrogens is 985 g/mol. The predicted octanol–water partition coefficient (Wildman–Crippen LogP) is 19.8. The Morgan fingerprint density at radius 1 is 0.383 bits per heavy atom. The molecular formula is C76H70N4O. The van der Waals surface area contributed by atoms with Gasteiger partial charge in [-0.15, -0.1) is 0 Å². The van der Waals surface area contributed by atoms with Gasteiger partial charge in [-0.1, -0.05) is 223 Å². The maximum atomic E-state index is 7.02. The maximum Gasteiger partial charge on any atom is 0.269 e. The molecule has 1 aliphatic heterocycles. The van der Waals surface area contributed by atoms with E-state index in [0.29, 0.717) is 5.75 Å². The second-order valence-corrected chi connectivity index (χ2v) is 26.4. The van der Waals surface area contributed by atoms with Crippen LogP contribution in [0.1, 0.15) is 105 Å². The molecule has 1 aliphatic rings. The Labute approximate surface area is 477 Å². The first-order valence-corrected chi connectivity index (χ1v) is 28.6. The van der Waals surface area contributed by atoms with E-state index in [0.717, 1.165) is 83.8 Å². The number of pyridine rings is 1. The molecule has 0 aliphatic carbocycles. The zero-order valence-corrected chi connectivity index (χ0v) is 48.8. The Morgan fingerprint density at radius 3 is 1.60 bits per heavy atom. The number of rotatable bonds is 6. The van der Waals surface area contributed by atoms with E-state index >= 15 is 0 Å². The van der Waals surface area contributed by atoms with Crippen molar-refractivity contribution in [2.75, 3.05) is 0 Å². The molecule has 5 heteroatoms. The molecule has 0 N–H and O–H groups in total. The fraction of sp³-hybridized carbons (Fsp3) is 0.211. The van der Waals surface area contributed by atoms with Crippen LogP contribution in [0.2, 0.25) is 0 Å². The molecule has 12 aromatic rings. The Kier molecular flexibility index (Phi) is 12.1. The number of aromatic nitrogens is 4. The molecule has 0 radical (unpaired) electrons. The summed E-state index contributed by atoms with van der Waals surface area (Å²) in [6.07, 6.45) is 6.03. The van der Waals surface area contributed by atoms with Crippen LogP contribution in [0, 0.1) is 6.33 Å². The number of ether oxygens (including phenoxy) is 1. The summed E-state index contributed by atoms with van der Waals surface area (Å²) in [7, 11) is 0. The number of fused-ring (bicyclic) bond motifs is 10. The molecule has 3 aromatic heterocycles. The van der Waals surface area contributed by atoms with Gasteiger partial charge < -0.3 is 4.74 Å². The quantitative estimate of drug-likeness (QED) is 0.123. The second kappa shape index (κ2) is 18.9. The fourth-order valence-electron chi connectivity index (χ4n) is 12.0. The summed E-state index contributed by atoms with van der Waals surface area (Å²) in [5.74, 6) is 2.33. The smallest absolute Gasteiger partial charge is 0.269 e. The van der Waals surface area contributed by atoms with Crippen molar-refractivity contribution >= 4 is 32.8 Å². The number of nitrogens with zero attached hydrogens (tertiary/aromatic N) is 4. The number of hydrogen-bond donors (Lipinski definition) is 0. The van der Waals surface area contributed by atoms with Crippen LogP contribution >= 0.6 is 0 Å². The first kappa shape index (κ1) is 51.6. The van der Waals surface area contributed by atoms with Crippen molar-refractivity contribution in [2.45, 2.75) is 105 Å². The molecule has 9 aromatic carbocycles. The molecule has 0 atom stereocenters. The van der Waals surface area contributed by atoms with E-state index in [-0.39, 0.29) is 21.7 Å². The average molecular weight is 1060 g/mol. The maximum absolute atomic E-state index is 7.02. The van der Waals surface area contributed by atoms with Crippen LogP contribution in [-0.2, 0) is 21.7 Å². The number of benzene rings is 9. The highest BCUT2D eigenvalue weighted by atomic mass is 16.5. The van der Waals surface area contributed by atoms with Gasteiger partial charge in [0.05, 0.1) is 33.4 Å². The molecule has 400 valence electrons. The fourth-order valence-corrected chi connectivity index (χ4v) is 12.0. The minimum Gasteiger partial charge on any atom is -0.458 e. The second-order valence-electron chi connectivity index (χ2n) is 26.4. The van der Waals surface area contributed by atoms with Gasteiger partial charge in [0.15, 0.2) is 0 Å². The summed E-state index contributed by atoms with van der Waals surface area (Å²) < 4.78 is 13.9. The zero-order valence-electron chi connectivity index (χ0n) is 48.8. The molecule has 81 heavy (non-hydrogen) atoms. The molecule has 4 heterocycles. The molecule has 0 spiro atoms. The largest absolute Gasteiger partial charge is 0.458 e. The van der Waals surface area contributed by atoms with Crippen LogP contribution in [0.15, 0.2) is 206 Å². The Hall–Kier alpha value is -8.80. The lowest BCUT2D eigenvalue weighted by atomic mass is 9.78. The van der Waals surface area contributed by atoms with Gasteiger partial charge in [-0.05, 0) is 154 Å². The van der Waals surface area contributed by atoms with Gasteiger partial charge in [-0.3, -0.25) is 13.7 Å². The first-order chi connectivity index (χ1) is 38.7. The zero-order chi connectivity index (χ0) is 56.3. The number of hydrogen-bond acceptors (Lipinski definition) is 2. The van der Waals surface area contributed by atoms with Gasteiger partial charge >= 0.3 is 0 Å². The lowest BCUT2D eigenvalue weighted by Crippen LogP contribution is -2.32. The monoisotopic (exact) mass is 1050 g/mol. The molecule has 5 nitrogen and oxygen atoms in total. The van der Waals surface area contributed by atoms with Gasteiger partial charge in [0.1, 0.15) is 17.3 Å². The lowest BCUT2D eigenvalue weighted by molar-refractivity contribution is -0.570. The first-order valence-electron chi connectivity index (χ1n) is 28.6. The van der Waals surface area contributed by atoms with Crippen molar-refractivity contribution in [1.29, 1.82) is 0 Å². The summed E-state index contributed by atoms with van der Waals surface area (Å²) in [4.78, 5) is 4.96. The number of para-hydroxylation sites is 2. The van der Waals surface area contributed by atoms with Crippen molar-refractivity contribution in [1.82, 2.24) is 14.1 Å². The van der Waals surface area contributed by atoms with E-state index in [1.807, 2.05) is 6.20 Å². The van der Waals surface area contributed by atoms with Crippen LogP contribution in [0.3, 0.4) is 0 Å². The van der Waals surface area contributed by atoms with Crippen molar-refractivity contribution in [3.05, 3.63) is 235 Å². The van der Waals surface area contributed by atoms with E-state index in [1.165, 1.54) is 49.9 Å². The van der Waals surface area contributed by atoms with E-state index < -0.39 is 0 Å². The van der Waals surface area contributed by atoms with Crippen LogP contribution in [0.4, 0.5) is 0 Å². The summed E-state index contributed by atoms with van der Waals surface area (Å²) in [5, 5.41) is 2.31. The number of imidazole rings is 1. The van der Waals surface area contributed by atoms with E-state index in [2.05, 4.69) is 303 Å². The van der Waals surface area contributed by atoms with Gasteiger partial charge in [0.2, 0.25) is 0 Å². The van der Waals surface area contributed by atoms with Gasteiger partial charge in [-0.2, -0.15) is 0 Å². The third-order valence-electron chi connectivity index (χ3n) is 16.6. The van der Waals surface area contributed by atoms with Crippen LogP contribution in [-0.4, -0.2) is 14.1 Å². The van der Waals surface area contributed by atoms with E-state index in [1.54, 1.807) is 0 Å². The Balaban J connectivity index is 1.07. The van der Waals surface area contributed by atoms with Crippen LogP contribution in [0.5, 0.6) is 11.5 Å². The standard InChI is InChI=1S/C76H70N4O/c1-73(2,3)51-33-31-48(32-34-51)58-28-20-29-65-61-25-15-13-23-59(61)60-24-14-16-26-62(60)66-41-50(49-39-53(75(7,8)9)43-54(40-49)76(10,11)12)42-69-72(66)79(71(58)65)47-78(69)55-21-19-22-56(45-55)81-57-35-36-64-63-27-17-18-30-67(63)80(68(64)46-57)70-44-52(37-38-77-70)74(4,5)6/h13-46H,1-12H3. The Morgan fingerprint density at radius 2 is 0.938 bits per heavy atom. The highest BCUT2D eigenvalue weighted by Crippen LogP contribution is 2.47. The Bertz CT molecular complexity index is 4430. The summed E-state index contributed by atoms with van der Waals surface area (Å²) in [6, 6.07) is 73.9. The van der Waals surface area contributed by atoms with Gasteiger partial charge in [-0.25, -0.2) is 4.98 Å². The molecule has 0 bridgehead atoms. The van der Waals surface area contributed by atoms with Gasteiger partial charge in [0.25, 0.3) is 6.33 Å². The highest BCUT2D eigenvalue weighted by molar-refractivity contribution is 6.09. The molecule has 0 fully saturated rings. The third kappa shape index (κ3) is 9.13. The minimum atomic E-state index is -0.0734. The topological polar surface area (TPSA) is 35.9 Å². The van der Waals surface area contributed by atoms with Crippen molar-refractivity contribution in [2.24, 2.45) is 0 Å². The highest BCUT2D eigenvalue weighted by Gasteiger charge is 2.29. The predicted molar refractivity (Wildman–Crippen MR) is 338 cm³/mol. The van der Waals surface area contributed by atoms with Crippen molar-refractivity contribution < 1.29 is 9.30 Å².